The lowest BCUT2D eigenvalue weighted by molar-refractivity contribution is 0.0236. The monoisotopic (exact) mass is 247 g/mol. The van der Waals surface area contributed by atoms with Gasteiger partial charge in [0.2, 0.25) is 0 Å². The van der Waals surface area contributed by atoms with Crippen LogP contribution in [0.1, 0.15) is 51.5 Å². The van der Waals surface area contributed by atoms with Gasteiger partial charge in [0.1, 0.15) is 0 Å². The van der Waals surface area contributed by atoms with E-state index in [0.29, 0.717) is 0 Å². The molecule has 0 amide bonds. The summed E-state index contributed by atoms with van der Waals surface area (Å²) in [4.78, 5) is 4.03. The lowest BCUT2D eigenvalue weighted by atomic mass is 9.85. The van der Waals surface area contributed by atoms with Crippen LogP contribution in [-0.4, -0.2) is 15.7 Å². The van der Waals surface area contributed by atoms with Gasteiger partial charge in [-0.1, -0.05) is 26.7 Å². The lowest BCUT2D eigenvalue weighted by Gasteiger charge is -2.27. The highest BCUT2D eigenvalue weighted by Crippen LogP contribution is 2.35. The third-order valence-corrected chi connectivity index (χ3v) is 4.42. The SMILES string of the molecule is CC(C)C1CCCC(O)(Cc2ccncc2)CC1. The maximum Gasteiger partial charge on any atom is 0.0688 e. The molecule has 1 saturated carbocycles. The Morgan fingerprint density at radius 2 is 2.00 bits per heavy atom. The molecule has 1 fully saturated rings. The molecule has 1 aliphatic rings. The Kier molecular flexibility index (Phi) is 4.39. The minimum absolute atomic E-state index is 0.495. The van der Waals surface area contributed by atoms with E-state index in [1.807, 2.05) is 24.5 Å². The fraction of sp³-hybridized carbons (Fsp3) is 0.688. The summed E-state index contributed by atoms with van der Waals surface area (Å²) in [5, 5.41) is 10.8. The van der Waals surface area contributed by atoms with Gasteiger partial charge in [0, 0.05) is 18.8 Å². The molecule has 1 N–H and O–H groups in total. The van der Waals surface area contributed by atoms with E-state index in [0.717, 1.165) is 37.5 Å². The Morgan fingerprint density at radius 1 is 1.28 bits per heavy atom. The lowest BCUT2D eigenvalue weighted by Crippen LogP contribution is -2.30. The molecule has 2 unspecified atom stereocenters. The van der Waals surface area contributed by atoms with Gasteiger partial charge in [0.05, 0.1) is 5.60 Å². The Morgan fingerprint density at radius 3 is 2.67 bits per heavy atom. The zero-order valence-corrected chi connectivity index (χ0v) is 11.6. The molecule has 100 valence electrons. The number of pyridine rings is 1. The Balaban J connectivity index is 1.99. The van der Waals surface area contributed by atoms with Crippen molar-refractivity contribution < 1.29 is 5.11 Å². The molecule has 0 saturated heterocycles. The van der Waals surface area contributed by atoms with Crippen LogP contribution < -0.4 is 0 Å². The molecular formula is C16H25NO. The summed E-state index contributed by atoms with van der Waals surface area (Å²) in [6.07, 6.45) is 9.88. The maximum atomic E-state index is 10.8. The molecule has 2 rings (SSSR count). The highest BCUT2D eigenvalue weighted by molar-refractivity contribution is 5.13. The second-order valence-corrected chi connectivity index (χ2v) is 6.19. The topological polar surface area (TPSA) is 33.1 Å². The first-order valence-corrected chi connectivity index (χ1v) is 7.20. The zero-order valence-electron chi connectivity index (χ0n) is 11.6. The summed E-state index contributed by atoms with van der Waals surface area (Å²) in [6, 6.07) is 4.03. The predicted octanol–water partition coefficient (Wildman–Crippen LogP) is 3.59. The molecule has 2 heteroatoms. The van der Waals surface area contributed by atoms with Crippen LogP contribution in [0.5, 0.6) is 0 Å². The molecule has 0 bridgehead atoms. The highest BCUT2D eigenvalue weighted by Gasteiger charge is 2.31. The van der Waals surface area contributed by atoms with E-state index >= 15 is 0 Å². The molecule has 2 nitrogen and oxygen atoms in total. The van der Waals surface area contributed by atoms with Crippen molar-refractivity contribution in [2.24, 2.45) is 11.8 Å². The van der Waals surface area contributed by atoms with Crippen molar-refractivity contribution in [1.29, 1.82) is 0 Å². The first-order chi connectivity index (χ1) is 8.59. The predicted molar refractivity (Wildman–Crippen MR) is 74.3 cm³/mol. The van der Waals surface area contributed by atoms with Gasteiger partial charge < -0.3 is 5.11 Å². The minimum Gasteiger partial charge on any atom is -0.390 e. The molecule has 2 atom stereocenters. The summed E-state index contributed by atoms with van der Waals surface area (Å²) in [5.41, 5.74) is 0.709. The van der Waals surface area contributed by atoms with Crippen LogP contribution in [0.4, 0.5) is 0 Å². The molecule has 0 aromatic carbocycles. The van der Waals surface area contributed by atoms with Gasteiger partial charge >= 0.3 is 0 Å². The second kappa shape index (κ2) is 5.83. The zero-order chi connectivity index (χ0) is 13.0. The summed E-state index contributed by atoms with van der Waals surface area (Å²) < 4.78 is 0. The summed E-state index contributed by atoms with van der Waals surface area (Å²) in [6.45, 7) is 4.61. The molecule has 1 aromatic heterocycles. The second-order valence-electron chi connectivity index (χ2n) is 6.19. The van der Waals surface area contributed by atoms with Crippen LogP contribution in [0, 0.1) is 11.8 Å². The van der Waals surface area contributed by atoms with Crippen molar-refractivity contribution in [3.63, 3.8) is 0 Å². The molecule has 1 aromatic rings. The quantitative estimate of drug-likeness (QED) is 0.828. The van der Waals surface area contributed by atoms with Crippen LogP contribution in [0.15, 0.2) is 24.5 Å². The largest absolute Gasteiger partial charge is 0.390 e. The summed E-state index contributed by atoms with van der Waals surface area (Å²) in [5.74, 6) is 1.53. The minimum atomic E-state index is -0.495. The van der Waals surface area contributed by atoms with E-state index in [9.17, 15) is 5.11 Å². The highest BCUT2D eigenvalue weighted by atomic mass is 16.3. The Labute approximate surface area is 110 Å². The third kappa shape index (κ3) is 3.55. The molecule has 18 heavy (non-hydrogen) atoms. The number of hydrogen-bond donors (Lipinski definition) is 1. The average Bonchev–Trinajstić information content (AvgIpc) is 2.52. The van der Waals surface area contributed by atoms with Gasteiger partial charge in [0.25, 0.3) is 0 Å². The van der Waals surface area contributed by atoms with Crippen LogP contribution >= 0.6 is 0 Å². The van der Waals surface area contributed by atoms with E-state index in [2.05, 4.69) is 18.8 Å². The third-order valence-electron chi connectivity index (χ3n) is 4.42. The van der Waals surface area contributed by atoms with Crippen molar-refractivity contribution in [2.45, 2.75) is 58.0 Å². The number of aliphatic hydroxyl groups is 1. The molecule has 0 radical (unpaired) electrons. The average molecular weight is 247 g/mol. The molecule has 1 heterocycles. The molecule has 0 spiro atoms. The van der Waals surface area contributed by atoms with Crippen LogP contribution in [-0.2, 0) is 6.42 Å². The van der Waals surface area contributed by atoms with E-state index in [4.69, 9.17) is 0 Å². The van der Waals surface area contributed by atoms with Gasteiger partial charge in [-0.15, -0.1) is 0 Å². The van der Waals surface area contributed by atoms with Gasteiger partial charge in [-0.25, -0.2) is 0 Å². The first-order valence-electron chi connectivity index (χ1n) is 7.20. The number of aromatic nitrogens is 1. The van der Waals surface area contributed by atoms with Crippen LogP contribution in [0.3, 0.4) is 0 Å². The fourth-order valence-electron chi connectivity index (χ4n) is 3.14. The number of hydrogen-bond acceptors (Lipinski definition) is 2. The summed E-state index contributed by atoms with van der Waals surface area (Å²) in [7, 11) is 0. The van der Waals surface area contributed by atoms with Gasteiger partial charge in [-0.3, -0.25) is 4.98 Å². The van der Waals surface area contributed by atoms with Crippen molar-refractivity contribution in [3.8, 4) is 0 Å². The number of rotatable bonds is 3. The van der Waals surface area contributed by atoms with Crippen LogP contribution in [0.25, 0.3) is 0 Å². The molecule has 0 aliphatic heterocycles. The Hall–Kier alpha value is -0.890. The maximum absolute atomic E-state index is 10.8. The standard InChI is InChI=1S/C16H25NO/c1-13(2)15-4-3-8-16(18,9-5-15)12-14-6-10-17-11-7-14/h6-7,10-11,13,15,18H,3-5,8-9,12H2,1-2H3. The van der Waals surface area contributed by atoms with E-state index in [1.165, 1.54) is 18.4 Å². The van der Waals surface area contributed by atoms with E-state index in [1.54, 1.807) is 0 Å². The van der Waals surface area contributed by atoms with Crippen LogP contribution in [0.2, 0.25) is 0 Å². The van der Waals surface area contributed by atoms with E-state index in [-0.39, 0.29) is 0 Å². The number of nitrogens with zero attached hydrogens (tertiary/aromatic N) is 1. The van der Waals surface area contributed by atoms with Crippen molar-refractivity contribution in [2.75, 3.05) is 0 Å². The van der Waals surface area contributed by atoms with E-state index < -0.39 is 5.60 Å². The van der Waals surface area contributed by atoms with Crippen molar-refractivity contribution >= 4 is 0 Å². The van der Waals surface area contributed by atoms with Gasteiger partial charge in [0.15, 0.2) is 0 Å². The fourth-order valence-corrected chi connectivity index (χ4v) is 3.14. The normalized spacial score (nSPS) is 29.2. The summed E-state index contributed by atoms with van der Waals surface area (Å²) >= 11 is 0. The smallest absolute Gasteiger partial charge is 0.0688 e. The molecule has 1 aliphatic carbocycles. The van der Waals surface area contributed by atoms with Crippen molar-refractivity contribution in [3.05, 3.63) is 30.1 Å². The van der Waals surface area contributed by atoms with Gasteiger partial charge in [-0.2, -0.15) is 0 Å². The van der Waals surface area contributed by atoms with Crippen molar-refractivity contribution in [1.82, 2.24) is 4.98 Å². The first kappa shape index (κ1) is 13.5. The Bertz CT molecular complexity index is 363. The van der Waals surface area contributed by atoms with Gasteiger partial charge in [-0.05, 0) is 48.8 Å². The molecular weight excluding hydrogens is 222 g/mol.